The zero-order valence-corrected chi connectivity index (χ0v) is 17.8. The van der Waals surface area contributed by atoms with E-state index in [1.807, 2.05) is 36.7 Å². The number of benzene rings is 1. The van der Waals surface area contributed by atoms with Crippen molar-refractivity contribution in [2.45, 2.75) is 38.1 Å². The third kappa shape index (κ3) is 4.61. The molecule has 1 aliphatic rings. The van der Waals surface area contributed by atoms with Gasteiger partial charge >= 0.3 is 0 Å². The van der Waals surface area contributed by atoms with Gasteiger partial charge in [-0.05, 0) is 25.0 Å². The van der Waals surface area contributed by atoms with Crippen LogP contribution in [0, 0.1) is 0 Å². The highest BCUT2D eigenvalue weighted by Gasteiger charge is 2.21. The number of anilines is 3. The lowest BCUT2D eigenvalue weighted by molar-refractivity contribution is 0.333. The van der Waals surface area contributed by atoms with Crippen LogP contribution in [0.4, 0.5) is 17.6 Å². The van der Waals surface area contributed by atoms with E-state index in [0.717, 1.165) is 29.8 Å². The van der Waals surface area contributed by atoms with Crippen LogP contribution in [0.15, 0.2) is 55.2 Å². The predicted molar refractivity (Wildman–Crippen MR) is 123 cm³/mol. The van der Waals surface area contributed by atoms with Gasteiger partial charge in [0.25, 0.3) is 0 Å². The van der Waals surface area contributed by atoms with E-state index in [9.17, 15) is 0 Å². The number of nitrogens with one attached hydrogen (secondary N) is 2. The zero-order chi connectivity index (χ0) is 21.6. The Balaban J connectivity index is 1.39. The molecular weight excluding hydrogens is 404 g/mol. The summed E-state index contributed by atoms with van der Waals surface area (Å²) >= 11 is 0. The lowest BCUT2D eigenvalue weighted by Crippen LogP contribution is -2.15. The smallest absolute Gasteiger partial charge is 0.232 e. The first-order valence-electron chi connectivity index (χ1n) is 11.1. The Morgan fingerprint density at radius 3 is 2.69 bits per heavy atom. The minimum absolute atomic E-state index is 0.419. The Hall–Kier alpha value is -3.75. The number of hydrogen-bond acceptors (Lipinski definition) is 8. The minimum Gasteiger partial charge on any atom is -0.492 e. The van der Waals surface area contributed by atoms with E-state index in [4.69, 9.17) is 9.72 Å². The highest BCUT2D eigenvalue weighted by Crippen LogP contribution is 2.32. The fourth-order valence-electron chi connectivity index (χ4n) is 4.06. The minimum atomic E-state index is 0.419. The molecule has 164 valence electrons. The maximum absolute atomic E-state index is 5.80. The Bertz CT molecular complexity index is 1140. The second-order valence-electron chi connectivity index (χ2n) is 7.82. The Labute approximate surface area is 186 Å². The molecule has 0 unspecified atom stereocenters. The van der Waals surface area contributed by atoms with Crippen molar-refractivity contribution in [3.63, 3.8) is 0 Å². The van der Waals surface area contributed by atoms with Crippen LogP contribution in [-0.4, -0.2) is 42.6 Å². The summed E-state index contributed by atoms with van der Waals surface area (Å²) in [6.07, 6.45) is 12.9. The van der Waals surface area contributed by atoms with Crippen LogP contribution in [-0.2, 0) is 0 Å². The summed E-state index contributed by atoms with van der Waals surface area (Å²) in [5.74, 6) is 2.57. The second kappa shape index (κ2) is 9.59. The van der Waals surface area contributed by atoms with Gasteiger partial charge in [-0.25, -0.2) is 9.97 Å². The maximum atomic E-state index is 5.80. The average molecular weight is 431 g/mol. The summed E-state index contributed by atoms with van der Waals surface area (Å²) in [5, 5.41) is 6.54. The molecule has 0 saturated heterocycles. The van der Waals surface area contributed by atoms with Gasteiger partial charge in [-0.1, -0.05) is 37.5 Å². The van der Waals surface area contributed by atoms with E-state index in [0.29, 0.717) is 36.8 Å². The van der Waals surface area contributed by atoms with Gasteiger partial charge in [-0.15, -0.1) is 0 Å². The van der Waals surface area contributed by atoms with Crippen LogP contribution in [0.5, 0.6) is 5.75 Å². The Morgan fingerprint density at radius 1 is 1.00 bits per heavy atom. The van der Waals surface area contributed by atoms with Crippen molar-refractivity contribution in [2.75, 3.05) is 23.8 Å². The number of rotatable bonds is 8. The van der Waals surface area contributed by atoms with E-state index in [1.54, 1.807) is 18.6 Å². The molecule has 3 heterocycles. The summed E-state index contributed by atoms with van der Waals surface area (Å²) in [5.41, 5.74) is 1.59. The van der Waals surface area contributed by atoms with Crippen molar-refractivity contribution in [3.8, 4) is 5.75 Å². The molecule has 2 N–H and O–H groups in total. The molecule has 9 heteroatoms. The first kappa shape index (κ1) is 20.2. The van der Waals surface area contributed by atoms with Crippen LogP contribution < -0.4 is 15.4 Å². The highest BCUT2D eigenvalue weighted by molar-refractivity contribution is 5.84. The lowest BCUT2D eigenvalue weighted by Gasteiger charge is -2.23. The van der Waals surface area contributed by atoms with Crippen molar-refractivity contribution in [3.05, 3.63) is 55.2 Å². The van der Waals surface area contributed by atoms with Crippen molar-refractivity contribution in [1.29, 1.82) is 0 Å². The molecule has 3 aromatic heterocycles. The van der Waals surface area contributed by atoms with Crippen molar-refractivity contribution in [1.82, 2.24) is 29.5 Å². The molecule has 0 radical (unpaired) electrons. The number of hydrogen-bond donors (Lipinski definition) is 2. The van der Waals surface area contributed by atoms with Crippen molar-refractivity contribution >= 4 is 28.7 Å². The van der Waals surface area contributed by atoms with E-state index < -0.39 is 0 Å². The molecule has 32 heavy (non-hydrogen) atoms. The zero-order valence-electron chi connectivity index (χ0n) is 17.8. The second-order valence-corrected chi connectivity index (χ2v) is 7.82. The molecule has 9 nitrogen and oxygen atoms in total. The first-order valence-corrected chi connectivity index (χ1v) is 11.1. The van der Waals surface area contributed by atoms with Gasteiger partial charge in [0.2, 0.25) is 5.95 Å². The Morgan fingerprint density at radius 2 is 1.88 bits per heavy atom. The summed E-state index contributed by atoms with van der Waals surface area (Å²) in [4.78, 5) is 22.5. The molecule has 0 atom stereocenters. The molecule has 0 aliphatic heterocycles. The molecule has 1 aromatic carbocycles. The fourth-order valence-corrected chi connectivity index (χ4v) is 4.06. The third-order valence-electron chi connectivity index (χ3n) is 5.60. The van der Waals surface area contributed by atoms with Gasteiger partial charge in [0, 0.05) is 18.4 Å². The van der Waals surface area contributed by atoms with E-state index in [1.165, 1.54) is 19.3 Å². The molecular formula is C23H26N8O. The quantitative estimate of drug-likeness (QED) is 0.398. The van der Waals surface area contributed by atoms with Gasteiger partial charge in [-0.3, -0.25) is 4.98 Å². The lowest BCUT2D eigenvalue weighted by atomic mass is 9.95. The van der Waals surface area contributed by atoms with Crippen LogP contribution in [0.3, 0.4) is 0 Å². The highest BCUT2D eigenvalue weighted by atomic mass is 16.5. The Kier molecular flexibility index (Phi) is 6.04. The first-order chi connectivity index (χ1) is 15.9. The third-order valence-corrected chi connectivity index (χ3v) is 5.60. The number of para-hydroxylation sites is 1. The molecule has 0 amide bonds. The molecule has 1 fully saturated rings. The topological polar surface area (TPSA) is 103 Å². The maximum Gasteiger partial charge on any atom is 0.232 e. The number of nitrogens with zero attached hydrogens (tertiary/aromatic N) is 6. The number of fused-ring (bicyclic) bond motifs is 1. The van der Waals surface area contributed by atoms with Crippen LogP contribution in [0.25, 0.3) is 11.2 Å². The SMILES string of the molecule is c1ccc(OCCNc2nc(Nc3cnccn3)nc3c2ncn3C2CCCCC2)cc1. The largest absolute Gasteiger partial charge is 0.492 e. The molecule has 5 rings (SSSR count). The average Bonchev–Trinajstić information content (AvgIpc) is 3.28. The van der Waals surface area contributed by atoms with Gasteiger partial charge < -0.3 is 19.9 Å². The molecule has 0 spiro atoms. The van der Waals surface area contributed by atoms with Gasteiger partial charge in [0.15, 0.2) is 22.8 Å². The summed E-state index contributed by atoms with van der Waals surface area (Å²) in [6.45, 7) is 1.09. The van der Waals surface area contributed by atoms with E-state index in [2.05, 4.69) is 35.1 Å². The van der Waals surface area contributed by atoms with Gasteiger partial charge in [-0.2, -0.15) is 9.97 Å². The van der Waals surface area contributed by atoms with E-state index >= 15 is 0 Å². The molecule has 1 aliphatic carbocycles. The summed E-state index contributed by atoms with van der Waals surface area (Å²) in [7, 11) is 0. The number of ether oxygens (including phenoxy) is 1. The predicted octanol–water partition coefficient (Wildman–Crippen LogP) is 4.36. The van der Waals surface area contributed by atoms with Crippen LogP contribution in [0.2, 0.25) is 0 Å². The van der Waals surface area contributed by atoms with Crippen molar-refractivity contribution in [2.24, 2.45) is 0 Å². The summed E-state index contributed by atoms with van der Waals surface area (Å²) < 4.78 is 8.00. The summed E-state index contributed by atoms with van der Waals surface area (Å²) in [6, 6.07) is 10.2. The standard InChI is InChI=1S/C23H26N8O/c1-3-7-17(8-4-1)31-16-27-20-21(26-13-14-32-18-9-5-2-6-10-18)29-23(30-22(20)31)28-19-15-24-11-12-25-19/h2,5-6,9-12,15-17H,1,3-4,7-8,13-14H2,(H2,25,26,28,29,30). The normalized spacial score (nSPS) is 14.4. The fraction of sp³-hybridized carbons (Fsp3) is 0.348. The number of aromatic nitrogens is 6. The van der Waals surface area contributed by atoms with Crippen LogP contribution >= 0.6 is 0 Å². The van der Waals surface area contributed by atoms with E-state index in [-0.39, 0.29) is 0 Å². The van der Waals surface area contributed by atoms with Gasteiger partial charge in [0.05, 0.1) is 19.1 Å². The van der Waals surface area contributed by atoms with Crippen LogP contribution in [0.1, 0.15) is 38.1 Å². The monoisotopic (exact) mass is 430 g/mol. The van der Waals surface area contributed by atoms with Crippen molar-refractivity contribution < 1.29 is 4.74 Å². The van der Waals surface area contributed by atoms with Gasteiger partial charge in [0.1, 0.15) is 12.4 Å². The molecule has 4 aromatic rings. The molecule has 1 saturated carbocycles. The number of imidazole rings is 1. The molecule has 0 bridgehead atoms.